The Balaban J connectivity index is 1.17. The first-order valence-electron chi connectivity index (χ1n) is 21.8. The number of hydrogen-bond acceptors (Lipinski definition) is 11. The maximum absolute atomic E-state index is 14.4. The number of carboxylic acid groups (broad SMARTS) is 1. The molecule has 4 N–H and O–H groups in total. The fourth-order valence-electron chi connectivity index (χ4n) is 7.88. The molecule has 4 amide bonds. The van der Waals surface area contributed by atoms with Crippen LogP contribution in [0.1, 0.15) is 85.0 Å². The highest BCUT2D eigenvalue weighted by atomic mass is 32.2. The first kappa shape index (κ1) is 48.0. The summed E-state index contributed by atoms with van der Waals surface area (Å²) < 4.78 is 47.7. The zero-order chi connectivity index (χ0) is 46.9. The summed E-state index contributed by atoms with van der Waals surface area (Å²) in [5.74, 6) is -2.56. The lowest BCUT2D eigenvalue weighted by Crippen LogP contribution is -2.56. The van der Waals surface area contributed by atoms with Crippen LogP contribution < -0.4 is 24.8 Å². The lowest BCUT2D eigenvalue weighted by Gasteiger charge is -2.29. The number of anilines is 1. The predicted octanol–water partition coefficient (Wildman–Crippen LogP) is 7.38. The second-order valence-corrected chi connectivity index (χ2v) is 19.0. The number of aromatic nitrogens is 1. The Labute approximate surface area is 379 Å². The molecule has 17 heteroatoms. The molecule has 65 heavy (non-hydrogen) atoms. The molecule has 4 aromatic rings. The van der Waals surface area contributed by atoms with Gasteiger partial charge in [0.1, 0.15) is 39.7 Å². The maximum atomic E-state index is 14.4. The van der Waals surface area contributed by atoms with Gasteiger partial charge in [0.2, 0.25) is 11.8 Å². The van der Waals surface area contributed by atoms with Gasteiger partial charge in [0, 0.05) is 48.3 Å². The van der Waals surface area contributed by atoms with Gasteiger partial charge in [-0.15, -0.1) is 6.58 Å². The van der Waals surface area contributed by atoms with E-state index < -0.39 is 69.0 Å². The van der Waals surface area contributed by atoms with Crippen molar-refractivity contribution in [1.82, 2.24) is 19.9 Å². The molecule has 0 radical (unpaired) electrons. The van der Waals surface area contributed by atoms with E-state index in [1.807, 2.05) is 36.4 Å². The number of rotatable bonds is 20. The van der Waals surface area contributed by atoms with Crippen molar-refractivity contribution in [3.63, 3.8) is 0 Å². The molecule has 2 heterocycles. The quantitative estimate of drug-likeness (QED) is 0.0504. The van der Waals surface area contributed by atoms with Crippen LogP contribution in [0.4, 0.5) is 10.5 Å². The summed E-state index contributed by atoms with van der Waals surface area (Å²) in [4.78, 5) is 71.6. The van der Waals surface area contributed by atoms with Crippen LogP contribution >= 0.6 is 0 Å². The molecular weight excluding hydrogens is 855 g/mol. The van der Waals surface area contributed by atoms with Crippen molar-refractivity contribution in [3.05, 3.63) is 91.5 Å². The van der Waals surface area contributed by atoms with Gasteiger partial charge in [-0.05, 0) is 64.3 Å². The first-order chi connectivity index (χ1) is 30.9. The molecule has 16 nitrogen and oxygen atoms in total. The fourth-order valence-corrected chi connectivity index (χ4v) is 9.08. The number of ether oxygens (including phenoxy) is 3. The van der Waals surface area contributed by atoms with Gasteiger partial charge in [-0.25, -0.2) is 22.9 Å². The molecule has 1 aliphatic heterocycles. The van der Waals surface area contributed by atoms with Crippen molar-refractivity contribution in [3.8, 4) is 22.8 Å². The number of nitrogens with zero attached hydrogens (tertiary/aromatic N) is 2. The molecular formula is C48H57N5O11S. The number of nitrogens with one attached hydrogen (secondary N) is 3. The molecule has 1 saturated carbocycles. The Morgan fingerprint density at radius 1 is 0.923 bits per heavy atom. The van der Waals surface area contributed by atoms with E-state index in [0.717, 1.165) is 31.2 Å². The van der Waals surface area contributed by atoms with Gasteiger partial charge in [-0.1, -0.05) is 74.2 Å². The van der Waals surface area contributed by atoms with Crippen molar-refractivity contribution in [1.29, 1.82) is 0 Å². The molecule has 1 aromatic heterocycles. The van der Waals surface area contributed by atoms with E-state index >= 15 is 0 Å². The molecule has 4 atom stereocenters. The Morgan fingerprint density at radius 2 is 1.60 bits per heavy atom. The maximum Gasteiger partial charge on any atom is 0.411 e. The van der Waals surface area contributed by atoms with Gasteiger partial charge in [0.15, 0.2) is 0 Å². The average Bonchev–Trinajstić information content (AvgIpc) is 3.82. The number of benzene rings is 3. The van der Waals surface area contributed by atoms with E-state index in [9.17, 15) is 32.4 Å². The summed E-state index contributed by atoms with van der Waals surface area (Å²) in [5.41, 5.74) is -0.590. The standard InChI is InChI=1S/C48H57N5O11S/c1-6-32-29-48(32,45(58)52-65(60,61)41-21-17-16-20-36(41)50-42(54)22-14-9-7-8-10-15-23-43(55)56)51-44(57)39-27-34(30-53(39)46(59)64-47(2,3)4)63-40-28-37(31-18-12-11-13-19-31)49-38-26-33(62-5)24-25-35(38)40/h6,11-13,16-21,24-26,28,32,34,39H,1,7-10,14-15,22-23,27,29-30H2,2-5H3,(H,50,54)(H,51,57)(H,52,58)(H,55,56)/t32?,34-,39+,48?/m1/s1. The molecule has 6 rings (SSSR count). The third kappa shape index (κ3) is 12.2. The second-order valence-electron chi connectivity index (χ2n) is 17.4. The number of carbonyl (C=O) groups excluding carboxylic acids is 4. The van der Waals surface area contributed by atoms with E-state index in [0.29, 0.717) is 40.9 Å². The Kier molecular flexibility index (Phi) is 15.2. The van der Waals surface area contributed by atoms with Crippen molar-refractivity contribution < 1.29 is 51.7 Å². The summed E-state index contributed by atoms with van der Waals surface area (Å²) >= 11 is 0. The van der Waals surface area contributed by atoms with E-state index in [-0.39, 0.29) is 42.8 Å². The van der Waals surface area contributed by atoms with Gasteiger partial charge < -0.3 is 30.0 Å². The van der Waals surface area contributed by atoms with Crippen LogP contribution in [0.25, 0.3) is 22.2 Å². The number of para-hydroxylation sites is 1. The highest BCUT2D eigenvalue weighted by Crippen LogP contribution is 2.45. The van der Waals surface area contributed by atoms with Crippen LogP contribution in [-0.2, 0) is 33.9 Å². The molecule has 346 valence electrons. The van der Waals surface area contributed by atoms with E-state index in [2.05, 4.69) is 21.9 Å². The van der Waals surface area contributed by atoms with Gasteiger partial charge in [0.05, 0.1) is 30.6 Å². The second kappa shape index (κ2) is 20.6. The summed E-state index contributed by atoms with van der Waals surface area (Å²) in [5, 5.41) is 14.9. The summed E-state index contributed by atoms with van der Waals surface area (Å²) in [6.45, 7) is 8.85. The van der Waals surface area contributed by atoms with Crippen molar-refractivity contribution in [2.45, 2.75) is 113 Å². The number of pyridine rings is 1. The number of hydrogen-bond donors (Lipinski definition) is 4. The molecule has 0 bridgehead atoms. The van der Waals surface area contributed by atoms with Gasteiger partial charge in [0.25, 0.3) is 15.9 Å². The van der Waals surface area contributed by atoms with Gasteiger partial charge >= 0.3 is 12.1 Å². The minimum Gasteiger partial charge on any atom is -0.497 e. The molecule has 3 aromatic carbocycles. The highest BCUT2D eigenvalue weighted by Gasteiger charge is 2.61. The van der Waals surface area contributed by atoms with Crippen LogP contribution in [0.5, 0.6) is 11.5 Å². The van der Waals surface area contributed by atoms with Crippen molar-refractivity contribution in [2.24, 2.45) is 5.92 Å². The topological polar surface area (TPSA) is 220 Å². The largest absolute Gasteiger partial charge is 0.497 e. The number of aliphatic carboxylic acids is 1. The van der Waals surface area contributed by atoms with E-state index in [4.69, 9.17) is 24.3 Å². The summed E-state index contributed by atoms with van der Waals surface area (Å²) in [6, 6.07) is 21.2. The zero-order valence-electron chi connectivity index (χ0n) is 37.1. The summed E-state index contributed by atoms with van der Waals surface area (Å²) in [6.07, 6.45) is 4.60. The van der Waals surface area contributed by atoms with Crippen LogP contribution in [-0.4, -0.2) is 90.1 Å². The first-order valence-corrected chi connectivity index (χ1v) is 23.2. The zero-order valence-corrected chi connectivity index (χ0v) is 37.9. The van der Waals surface area contributed by atoms with Gasteiger partial charge in [-0.3, -0.25) is 24.1 Å². The fraction of sp³-hybridized carbons (Fsp3) is 0.417. The van der Waals surface area contributed by atoms with Crippen molar-refractivity contribution in [2.75, 3.05) is 19.0 Å². The predicted molar refractivity (Wildman–Crippen MR) is 244 cm³/mol. The molecule has 1 aliphatic carbocycles. The number of unbranched alkanes of at least 4 members (excludes halogenated alkanes) is 5. The highest BCUT2D eigenvalue weighted by molar-refractivity contribution is 7.90. The lowest BCUT2D eigenvalue weighted by atomic mass is 10.1. The third-order valence-electron chi connectivity index (χ3n) is 11.3. The van der Waals surface area contributed by atoms with Crippen LogP contribution in [0.3, 0.4) is 0 Å². The van der Waals surface area contributed by atoms with Gasteiger partial charge in [-0.2, -0.15) is 0 Å². The SMILES string of the molecule is C=CC1CC1(NC(=O)[C@@H]1C[C@@H](Oc2cc(-c3ccccc3)nc3cc(OC)ccc23)CN1C(=O)OC(C)(C)C)C(=O)NS(=O)(=O)c1ccccc1NC(=O)CCCCCCCCC(=O)O. The van der Waals surface area contributed by atoms with Crippen LogP contribution in [0.15, 0.2) is 96.4 Å². The smallest absolute Gasteiger partial charge is 0.411 e. The number of carboxylic acids is 1. The minimum atomic E-state index is -4.60. The van der Waals surface area contributed by atoms with Crippen LogP contribution in [0.2, 0.25) is 0 Å². The monoisotopic (exact) mass is 911 g/mol. The number of likely N-dealkylation sites (tertiary alicyclic amines) is 1. The lowest BCUT2D eigenvalue weighted by molar-refractivity contribution is -0.137. The van der Waals surface area contributed by atoms with Crippen LogP contribution in [0, 0.1) is 5.92 Å². The normalized spacial score (nSPS) is 19.2. The average molecular weight is 912 g/mol. The number of sulfonamides is 1. The minimum absolute atomic E-state index is 0.000334. The summed E-state index contributed by atoms with van der Waals surface area (Å²) in [7, 11) is -3.04. The van der Waals surface area contributed by atoms with E-state index in [1.165, 1.54) is 29.2 Å². The number of amides is 4. The Bertz CT molecular complexity index is 2530. The third-order valence-corrected chi connectivity index (χ3v) is 12.7. The molecule has 1 saturated heterocycles. The number of methoxy groups -OCH3 is 1. The number of carbonyl (C=O) groups is 5. The molecule has 0 spiro atoms. The molecule has 2 fully saturated rings. The molecule has 2 aliphatic rings. The molecule has 2 unspecified atom stereocenters. The Hall–Kier alpha value is -6.49. The van der Waals surface area contributed by atoms with Crippen molar-refractivity contribution >= 4 is 56.4 Å². The Morgan fingerprint density at radius 3 is 2.26 bits per heavy atom. The number of fused-ring (bicyclic) bond motifs is 1. The van der Waals surface area contributed by atoms with E-state index in [1.54, 1.807) is 52.1 Å².